The van der Waals surface area contributed by atoms with E-state index in [1.165, 1.54) is 135 Å². The van der Waals surface area contributed by atoms with Gasteiger partial charge in [0, 0.05) is 13.0 Å². The summed E-state index contributed by atoms with van der Waals surface area (Å²) in [7, 11) is -4.30. The van der Waals surface area contributed by atoms with Crippen LogP contribution in [0.1, 0.15) is 200 Å². The van der Waals surface area contributed by atoms with Gasteiger partial charge in [-0.3, -0.25) is 13.8 Å². The molecule has 0 aliphatic rings. The maximum absolute atomic E-state index is 12.6. The van der Waals surface area contributed by atoms with E-state index in [2.05, 4.69) is 50.3 Å². The van der Waals surface area contributed by atoms with Crippen LogP contribution in [0.3, 0.4) is 0 Å². The number of carbonyl (C=O) groups excluding carboxylic acids is 1. The van der Waals surface area contributed by atoms with E-state index in [0.29, 0.717) is 6.42 Å². The molecule has 0 heterocycles. The highest BCUT2D eigenvalue weighted by Gasteiger charge is 2.25. The Bertz CT molecular complexity index is 968. The number of allylic oxidation sites excluding steroid dienone is 7. The fourth-order valence-electron chi connectivity index (χ4n) is 5.99. The Balaban J connectivity index is 4.09. The van der Waals surface area contributed by atoms with Crippen LogP contribution in [0.2, 0.25) is 0 Å². The lowest BCUT2D eigenvalue weighted by atomic mass is 10.1. The quantitative estimate of drug-likeness (QED) is 0.0207. The highest BCUT2D eigenvalue weighted by molar-refractivity contribution is 7.47. The molecule has 0 bridgehead atoms. The molecule has 0 aromatic rings. The van der Waals surface area contributed by atoms with E-state index in [9.17, 15) is 14.3 Å². The van der Waals surface area contributed by atoms with Gasteiger partial charge < -0.3 is 20.1 Å². The van der Waals surface area contributed by atoms with Crippen molar-refractivity contribution in [1.29, 1.82) is 0 Å². The van der Waals surface area contributed by atoms with Crippen LogP contribution in [-0.4, -0.2) is 43.3 Å². The molecule has 54 heavy (non-hydrogen) atoms. The third kappa shape index (κ3) is 41.5. The summed E-state index contributed by atoms with van der Waals surface area (Å²) in [4.78, 5) is 22.5. The molecule has 316 valence electrons. The van der Waals surface area contributed by atoms with Gasteiger partial charge >= 0.3 is 13.8 Å². The molecule has 0 aromatic carbocycles. The van der Waals surface area contributed by atoms with E-state index in [-0.39, 0.29) is 32.3 Å². The summed E-state index contributed by atoms with van der Waals surface area (Å²) < 4.78 is 33.2. The Morgan fingerprint density at radius 1 is 0.574 bits per heavy atom. The van der Waals surface area contributed by atoms with Gasteiger partial charge in [0.2, 0.25) is 0 Å². The zero-order valence-electron chi connectivity index (χ0n) is 35.0. The Morgan fingerprint density at radius 2 is 1.00 bits per heavy atom. The van der Waals surface area contributed by atoms with Gasteiger partial charge in [0.15, 0.2) is 6.10 Å². The molecule has 0 aromatic heterocycles. The first-order chi connectivity index (χ1) is 26.4. The lowest BCUT2D eigenvalue weighted by Crippen LogP contribution is -2.27. The molecule has 0 saturated heterocycles. The predicted octanol–water partition coefficient (Wildman–Crippen LogP) is 13.5. The topological polar surface area (TPSA) is 117 Å². The van der Waals surface area contributed by atoms with Gasteiger partial charge in [-0.2, -0.15) is 0 Å². The van der Waals surface area contributed by atoms with E-state index >= 15 is 0 Å². The molecule has 0 aliphatic heterocycles. The van der Waals surface area contributed by atoms with Crippen molar-refractivity contribution in [2.24, 2.45) is 5.73 Å². The van der Waals surface area contributed by atoms with Crippen LogP contribution in [0.15, 0.2) is 48.8 Å². The molecule has 0 aliphatic carbocycles. The van der Waals surface area contributed by atoms with E-state index < -0.39 is 13.9 Å². The number of hydrogen-bond acceptors (Lipinski definition) is 7. The van der Waals surface area contributed by atoms with Gasteiger partial charge in [-0.1, -0.05) is 153 Å². The number of hydrogen-bond donors (Lipinski definition) is 2. The Labute approximate surface area is 332 Å². The third-order valence-corrected chi connectivity index (χ3v) is 10.3. The summed E-state index contributed by atoms with van der Waals surface area (Å²) in [6, 6.07) is 0. The zero-order chi connectivity index (χ0) is 39.5. The fourth-order valence-corrected chi connectivity index (χ4v) is 6.75. The normalized spacial score (nSPS) is 13.9. The van der Waals surface area contributed by atoms with Gasteiger partial charge in [0.1, 0.15) is 6.61 Å². The van der Waals surface area contributed by atoms with Crippen LogP contribution >= 0.6 is 7.82 Å². The lowest BCUT2D eigenvalue weighted by molar-refractivity contribution is -0.153. The zero-order valence-corrected chi connectivity index (χ0v) is 35.8. The number of phosphoric ester groups is 1. The van der Waals surface area contributed by atoms with E-state index in [4.69, 9.17) is 24.3 Å². The molecule has 0 radical (unpaired) electrons. The minimum absolute atomic E-state index is 0.0248. The van der Waals surface area contributed by atoms with Crippen molar-refractivity contribution in [2.45, 2.75) is 206 Å². The molecular weight excluding hydrogens is 697 g/mol. The molecule has 8 nitrogen and oxygen atoms in total. The van der Waals surface area contributed by atoms with Crippen LogP contribution in [0.4, 0.5) is 0 Å². The number of carbonyl (C=O) groups is 1. The summed E-state index contributed by atoms with van der Waals surface area (Å²) in [6.45, 7) is 4.20. The van der Waals surface area contributed by atoms with Crippen molar-refractivity contribution < 1.29 is 32.8 Å². The highest BCUT2D eigenvalue weighted by Crippen LogP contribution is 2.43. The van der Waals surface area contributed by atoms with Crippen LogP contribution in [0.5, 0.6) is 0 Å². The van der Waals surface area contributed by atoms with Crippen LogP contribution < -0.4 is 5.73 Å². The van der Waals surface area contributed by atoms with Crippen molar-refractivity contribution in [2.75, 3.05) is 26.4 Å². The SMILES string of the molecule is CCCCC/C=C\C/C=C\CCCCCCCCCCCC(=O)O[C@H](CO/C=C\CCCCCC/C=C\CCCCCCCC)COP(=O)(O)OCCN. The standard InChI is InChI=1S/C45H84NO7P/c1-3-5-7-9-11-13-15-17-19-21-22-23-24-26-28-30-32-34-36-38-45(47)53-44(43-52-54(48,49)51-41-39-46)42-50-40-37-35-33-31-29-27-25-20-18-16-14-12-10-8-6-4-2/h11,13,17-20,37,40,44H,3-10,12,14-16,21-36,38-39,41-43,46H2,1-2H3,(H,48,49)/b13-11-,19-17-,20-18-,40-37-/t44-/m1/s1. The second kappa shape index (κ2) is 42.4. The summed E-state index contributed by atoms with van der Waals surface area (Å²) in [6.07, 6.45) is 50.7. The maximum Gasteiger partial charge on any atom is 0.472 e. The van der Waals surface area contributed by atoms with Crippen molar-refractivity contribution in [3.63, 3.8) is 0 Å². The molecular formula is C45H84NO7P. The number of esters is 1. The lowest BCUT2D eigenvalue weighted by Gasteiger charge is -2.19. The highest BCUT2D eigenvalue weighted by atomic mass is 31.2. The molecule has 3 N–H and O–H groups in total. The first kappa shape index (κ1) is 52.3. The van der Waals surface area contributed by atoms with Crippen molar-refractivity contribution in [3.8, 4) is 0 Å². The molecule has 0 saturated carbocycles. The molecule has 0 spiro atoms. The number of rotatable bonds is 42. The number of phosphoric acid groups is 1. The van der Waals surface area contributed by atoms with Gasteiger partial charge in [0.25, 0.3) is 0 Å². The molecule has 9 heteroatoms. The van der Waals surface area contributed by atoms with Crippen molar-refractivity contribution in [1.82, 2.24) is 0 Å². The van der Waals surface area contributed by atoms with Gasteiger partial charge in [-0.15, -0.1) is 0 Å². The van der Waals surface area contributed by atoms with Crippen molar-refractivity contribution >= 4 is 13.8 Å². The summed E-state index contributed by atoms with van der Waals surface area (Å²) in [5.74, 6) is -0.360. The first-order valence-corrected chi connectivity index (χ1v) is 23.7. The number of unbranched alkanes of at least 4 members (excludes halogenated alkanes) is 23. The monoisotopic (exact) mass is 782 g/mol. The van der Waals surface area contributed by atoms with Crippen molar-refractivity contribution in [3.05, 3.63) is 48.8 Å². The smallest absolute Gasteiger partial charge is 0.472 e. The van der Waals surface area contributed by atoms with Gasteiger partial charge in [-0.25, -0.2) is 4.57 Å². The minimum atomic E-state index is -4.30. The second-order valence-corrected chi connectivity index (χ2v) is 16.1. The van der Waals surface area contributed by atoms with Gasteiger partial charge in [0.05, 0.1) is 19.5 Å². The molecule has 2 atom stereocenters. The fraction of sp³-hybridized carbons (Fsp3) is 0.800. The Morgan fingerprint density at radius 3 is 1.52 bits per heavy atom. The number of nitrogens with two attached hydrogens (primary N) is 1. The molecule has 0 fully saturated rings. The average molecular weight is 782 g/mol. The van der Waals surface area contributed by atoms with E-state index in [1.807, 2.05) is 6.08 Å². The minimum Gasteiger partial charge on any atom is -0.498 e. The van der Waals surface area contributed by atoms with E-state index in [1.54, 1.807) is 6.26 Å². The molecule has 0 amide bonds. The number of ether oxygens (including phenoxy) is 2. The third-order valence-electron chi connectivity index (χ3n) is 9.28. The first-order valence-electron chi connectivity index (χ1n) is 22.2. The molecule has 1 unspecified atom stereocenters. The summed E-state index contributed by atoms with van der Waals surface area (Å²) in [5, 5.41) is 0. The summed E-state index contributed by atoms with van der Waals surface area (Å²) >= 11 is 0. The largest absolute Gasteiger partial charge is 0.498 e. The van der Waals surface area contributed by atoms with E-state index in [0.717, 1.165) is 44.9 Å². The average Bonchev–Trinajstić information content (AvgIpc) is 3.16. The summed E-state index contributed by atoms with van der Waals surface area (Å²) in [5.41, 5.74) is 5.36. The molecule has 0 rings (SSSR count). The Kier molecular flexibility index (Phi) is 41.1. The maximum atomic E-state index is 12.6. The second-order valence-electron chi connectivity index (χ2n) is 14.6. The Hall–Kier alpha value is -1.70. The van der Waals surface area contributed by atoms with Crippen LogP contribution in [0, 0.1) is 0 Å². The van der Waals surface area contributed by atoms with Crippen LogP contribution in [0.25, 0.3) is 0 Å². The van der Waals surface area contributed by atoms with Gasteiger partial charge in [-0.05, 0) is 83.1 Å². The predicted molar refractivity (Wildman–Crippen MR) is 228 cm³/mol. The van der Waals surface area contributed by atoms with Crippen LogP contribution in [-0.2, 0) is 27.9 Å².